The van der Waals surface area contributed by atoms with E-state index in [1.807, 2.05) is 0 Å². The number of aliphatic hydroxyl groups excluding tert-OH is 1. The first-order valence-electron chi connectivity index (χ1n) is 5.47. The average Bonchev–Trinajstić information content (AvgIpc) is 2.29. The highest BCUT2D eigenvalue weighted by Crippen LogP contribution is 2.56. The molecular formula is C11H18O. The molecule has 0 spiro atoms. The van der Waals surface area contributed by atoms with Crippen molar-refractivity contribution in [3.8, 4) is 0 Å². The second kappa shape index (κ2) is 2.47. The molecule has 0 amide bonds. The third-order valence-corrected chi connectivity index (χ3v) is 4.63. The molecule has 3 aliphatic rings. The number of rotatable bonds is 1. The van der Waals surface area contributed by atoms with E-state index in [9.17, 15) is 5.11 Å². The van der Waals surface area contributed by atoms with E-state index < -0.39 is 0 Å². The molecule has 0 aromatic rings. The molecule has 3 bridgehead atoms. The summed E-state index contributed by atoms with van der Waals surface area (Å²) < 4.78 is 0. The predicted molar refractivity (Wildman–Crippen MR) is 47.6 cm³/mol. The summed E-state index contributed by atoms with van der Waals surface area (Å²) in [7, 11) is 0. The summed E-state index contributed by atoms with van der Waals surface area (Å²) in [5, 5.41) is 9.27. The van der Waals surface area contributed by atoms with Crippen LogP contribution < -0.4 is 0 Å². The van der Waals surface area contributed by atoms with Gasteiger partial charge in [0.25, 0.3) is 0 Å². The molecule has 3 fully saturated rings. The smallest absolute Gasteiger partial charge is 0.0462 e. The maximum absolute atomic E-state index is 9.27. The SMILES string of the molecule is OCC1CC2CC3CC(C2)C1C3. The highest BCUT2D eigenvalue weighted by molar-refractivity contribution is 4.98. The number of hydrogen-bond acceptors (Lipinski definition) is 1. The molecule has 3 aliphatic carbocycles. The highest BCUT2D eigenvalue weighted by Gasteiger charge is 2.48. The molecule has 68 valence electrons. The van der Waals surface area contributed by atoms with Crippen LogP contribution in [0.2, 0.25) is 0 Å². The molecule has 1 N–H and O–H groups in total. The van der Waals surface area contributed by atoms with Crippen molar-refractivity contribution in [1.29, 1.82) is 0 Å². The Kier molecular flexibility index (Phi) is 1.52. The van der Waals surface area contributed by atoms with Crippen LogP contribution in [0.1, 0.15) is 32.1 Å². The summed E-state index contributed by atoms with van der Waals surface area (Å²) in [6, 6.07) is 0. The van der Waals surface area contributed by atoms with Crippen LogP contribution in [0.4, 0.5) is 0 Å². The van der Waals surface area contributed by atoms with E-state index in [2.05, 4.69) is 0 Å². The Bertz CT molecular complexity index is 187. The van der Waals surface area contributed by atoms with Crippen molar-refractivity contribution in [1.82, 2.24) is 0 Å². The van der Waals surface area contributed by atoms with Gasteiger partial charge in [-0.05, 0) is 61.7 Å². The van der Waals surface area contributed by atoms with Gasteiger partial charge in [0, 0.05) is 6.61 Å². The van der Waals surface area contributed by atoms with Gasteiger partial charge in [-0.15, -0.1) is 0 Å². The fourth-order valence-electron chi connectivity index (χ4n) is 4.32. The minimum absolute atomic E-state index is 0.463. The second-order valence-corrected chi connectivity index (χ2v) is 5.28. The zero-order valence-corrected chi connectivity index (χ0v) is 7.58. The van der Waals surface area contributed by atoms with Crippen molar-refractivity contribution in [3.63, 3.8) is 0 Å². The standard InChI is InChI=1S/C11H18O/c12-6-10-4-7-1-8-3-9(2-7)11(10)5-8/h7-12H,1-6H2. The van der Waals surface area contributed by atoms with E-state index in [0.29, 0.717) is 12.5 Å². The van der Waals surface area contributed by atoms with Crippen LogP contribution in [0.25, 0.3) is 0 Å². The largest absolute Gasteiger partial charge is 0.396 e. The van der Waals surface area contributed by atoms with Crippen LogP contribution in [0.3, 0.4) is 0 Å². The molecule has 5 unspecified atom stereocenters. The van der Waals surface area contributed by atoms with E-state index in [1.165, 1.54) is 32.1 Å². The van der Waals surface area contributed by atoms with Gasteiger partial charge >= 0.3 is 0 Å². The monoisotopic (exact) mass is 166 g/mol. The minimum atomic E-state index is 0.463. The zero-order chi connectivity index (χ0) is 8.13. The Morgan fingerprint density at radius 1 is 0.917 bits per heavy atom. The van der Waals surface area contributed by atoms with Crippen molar-refractivity contribution in [2.24, 2.45) is 29.6 Å². The molecule has 5 atom stereocenters. The van der Waals surface area contributed by atoms with Crippen LogP contribution in [-0.4, -0.2) is 11.7 Å². The lowest BCUT2D eigenvalue weighted by molar-refractivity contribution is 0.0712. The predicted octanol–water partition coefficient (Wildman–Crippen LogP) is 2.05. The van der Waals surface area contributed by atoms with Crippen molar-refractivity contribution >= 4 is 0 Å². The van der Waals surface area contributed by atoms with Gasteiger partial charge in [-0.2, -0.15) is 0 Å². The van der Waals surface area contributed by atoms with E-state index in [4.69, 9.17) is 0 Å². The Morgan fingerprint density at radius 2 is 1.67 bits per heavy atom. The second-order valence-electron chi connectivity index (χ2n) is 5.28. The first kappa shape index (κ1) is 7.37. The first-order valence-corrected chi connectivity index (χ1v) is 5.47. The summed E-state index contributed by atoms with van der Waals surface area (Å²) in [5.74, 6) is 4.65. The highest BCUT2D eigenvalue weighted by atomic mass is 16.3. The summed E-state index contributed by atoms with van der Waals surface area (Å²) >= 11 is 0. The first-order chi connectivity index (χ1) is 5.86. The zero-order valence-electron chi connectivity index (χ0n) is 7.58. The van der Waals surface area contributed by atoms with Gasteiger partial charge in [0.05, 0.1) is 0 Å². The van der Waals surface area contributed by atoms with Gasteiger partial charge in [0.2, 0.25) is 0 Å². The van der Waals surface area contributed by atoms with Crippen LogP contribution in [0.5, 0.6) is 0 Å². The maximum atomic E-state index is 9.27. The molecule has 1 nitrogen and oxygen atoms in total. The van der Waals surface area contributed by atoms with E-state index in [-0.39, 0.29) is 0 Å². The Labute approximate surface area is 74.2 Å². The molecule has 0 aromatic carbocycles. The van der Waals surface area contributed by atoms with Gasteiger partial charge in [0.1, 0.15) is 0 Å². The van der Waals surface area contributed by atoms with Crippen LogP contribution >= 0.6 is 0 Å². The fraction of sp³-hybridized carbons (Fsp3) is 1.00. The Hall–Kier alpha value is -0.0400. The topological polar surface area (TPSA) is 20.2 Å². The van der Waals surface area contributed by atoms with Gasteiger partial charge in [0.15, 0.2) is 0 Å². The van der Waals surface area contributed by atoms with Crippen LogP contribution in [-0.2, 0) is 0 Å². The molecule has 0 heterocycles. The molecule has 0 saturated heterocycles. The van der Waals surface area contributed by atoms with Gasteiger partial charge in [-0.25, -0.2) is 0 Å². The molecular weight excluding hydrogens is 148 g/mol. The van der Waals surface area contributed by atoms with E-state index >= 15 is 0 Å². The molecule has 12 heavy (non-hydrogen) atoms. The van der Waals surface area contributed by atoms with Crippen molar-refractivity contribution in [3.05, 3.63) is 0 Å². The molecule has 0 radical (unpaired) electrons. The Morgan fingerprint density at radius 3 is 2.42 bits per heavy atom. The molecule has 3 saturated carbocycles. The van der Waals surface area contributed by atoms with E-state index in [0.717, 1.165) is 23.7 Å². The minimum Gasteiger partial charge on any atom is -0.396 e. The Balaban J connectivity index is 1.88. The van der Waals surface area contributed by atoms with Crippen molar-refractivity contribution < 1.29 is 5.11 Å². The van der Waals surface area contributed by atoms with Crippen LogP contribution in [0, 0.1) is 29.6 Å². The summed E-state index contributed by atoms with van der Waals surface area (Å²) in [4.78, 5) is 0. The van der Waals surface area contributed by atoms with Gasteiger partial charge < -0.3 is 5.11 Å². The van der Waals surface area contributed by atoms with E-state index in [1.54, 1.807) is 0 Å². The molecule has 3 rings (SSSR count). The lowest BCUT2D eigenvalue weighted by Crippen LogP contribution is -2.31. The third kappa shape index (κ3) is 0.891. The maximum Gasteiger partial charge on any atom is 0.0462 e. The van der Waals surface area contributed by atoms with Gasteiger partial charge in [-0.1, -0.05) is 0 Å². The van der Waals surface area contributed by atoms with Crippen LogP contribution in [0.15, 0.2) is 0 Å². The lowest BCUT2D eigenvalue weighted by Gasteiger charge is -2.38. The molecule has 1 heteroatoms. The summed E-state index contributed by atoms with van der Waals surface area (Å²) in [6.45, 7) is 0.463. The molecule has 0 aromatic heterocycles. The van der Waals surface area contributed by atoms with Crippen molar-refractivity contribution in [2.75, 3.05) is 6.61 Å². The van der Waals surface area contributed by atoms with Gasteiger partial charge in [-0.3, -0.25) is 0 Å². The third-order valence-electron chi connectivity index (χ3n) is 4.63. The quantitative estimate of drug-likeness (QED) is 0.632. The number of fused-ring (bicyclic) bond motifs is 2. The van der Waals surface area contributed by atoms with Crippen molar-refractivity contribution in [2.45, 2.75) is 32.1 Å². The summed E-state index contributed by atoms with van der Waals surface area (Å²) in [5.41, 5.74) is 0. The molecule has 0 aliphatic heterocycles. The summed E-state index contributed by atoms with van der Waals surface area (Å²) in [6.07, 6.45) is 7.28. The lowest BCUT2D eigenvalue weighted by atomic mass is 9.67. The average molecular weight is 166 g/mol. The normalized spacial score (nSPS) is 56.2. The number of aliphatic hydroxyl groups is 1. The number of hydrogen-bond donors (Lipinski definition) is 1. The fourth-order valence-corrected chi connectivity index (χ4v) is 4.32.